The average Bonchev–Trinajstić information content (AvgIpc) is 2.18. The van der Waals surface area contributed by atoms with E-state index in [1.165, 1.54) is 0 Å². The van der Waals surface area contributed by atoms with Gasteiger partial charge in [0.1, 0.15) is 11.4 Å². The van der Waals surface area contributed by atoms with Crippen LogP contribution < -0.4 is 10.1 Å². The maximum atomic E-state index is 14.0. The van der Waals surface area contributed by atoms with Gasteiger partial charge < -0.3 is 10.1 Å². The zero-order valence-electron chi connectivity index (χ0n) is 8.80. The highest BCUT2D eigenvalue weighted by Gasteiger charge is 2.24. The number of hydrogen-bond acceptors (Lipinski definition) is 2. The van der Waals surface area contributed by atoms with Gasteiger partial charge in [-0.15, -0.1) is 0 Å². The molecular formula is C11H16FNO. The predicted octanol–water partition coefficient (Wildman–Crippen LogP) is 2.10. The minimum absolute atomic E-state index is 0.305. The lowest BCUT2D eigenvalue weighted by Gasteiger charge is -2.20. The summed E-state index contributed by atoms with van der Waals surface area (Å²) in [5, 5.41) is 2.83. The number of alkyl halides is 1. The zero-order chi connectivity index (χ0) is 10.6. The summed E-state index contributed by atoms with van der Waals surface area (Å²) in [7, 11) is 3.33. The second-order valence-electron chi connectivity index (χ2n) is 3.46. The summed E-state index contributed by atoms with van der Waals surface area (Å²) in [5.74, 6) is 0.744. The normalized spacial score (nSPS) is 14.9. The number of halogens is 1. The minimum Gasteiger partial charge on any atom is -0.497 e. The average molecular weight is 197 g/mol. The van der Waals surface area contributed by atoms with Gasteiger partial charge in [-0.2, -0.15) is 0 Å². The van der Waals surface area contributed by atoms with Gasteiger partial charge in [0.15, 0.2) is 0 Å². The fourth-order valence-corrected chi connectivity index (χ4v) is 1.37. The van der Waals surface area contributed by atoms with Gasteiger partial charge in [0.05, 0.1) is 7.11 Å². The fourth-order valence-electron chi connectivity index (χ4n) is 1.37. The van der Waals surface area contributed by atoms with Crippen molar-refractivity contribution in [3.63, 3.8) is 0 Å². The molecule has 0 amide bonds. The number of hydrogen-bond donors (Lipinski definition) is 1. The summed E-state index contributed by atoms with van der Waals surface area (Å²) in [6, 6.07) is 7.03. The Morgan fingerprint density at radius 2 is 1.93 bits per heavy atom. The molecule has 1 rings (SSSR count). The van der Waals surface area contributed by atoms with E-state index < -0.39 is 5.67 Å². The molecule has 1 atom stereocenters. The van der Waals surface area contributed by atoms with Crippen LogP contribution in [0.2, 0.25) is 0 Å². The number of ether oxygens (including phenoxy) is 1. The number of likely N-dealkylation sites (N-methyl/N-ethyl adjacent to an activating group) is 1. The van der Waals surface area contributed by atoms with Crippen LogP contribution in [0.1, 0.15) is 12.5 Å². The van der Waals surface area contributed by atoms with Crippen molar-refractivity contribution in [1.82, 2.24) is 5.32 Å². The smallest absolute Gasteiger partial charge is 0.145 e. The lowest BCUT2D eigenvalue weighted by molar-refractivity contribution is 0.190. The molecule has 1 unspecified atom stereocenters. The Labute approximate surface area is 84.1 Å². The molecule has 2 nitrogen and oxygen atoms in total. The Morgan fingerprint density at radius 3 is 2.36 bits per heavy atom. The van der Waals surface area contributed by atoms with Crippen molar-refractivity contribution in [3.05, 3.63) is 29.8 Å². The zero-order valence-corrected chi connectivity index (χ0v) is 8.80. The Balaban J connectivity index is 2.85. The van der Waals surface area contributed by atoms with E-state index in [1.54, 1.807) is 45.3 Å². The Kier molecular flexibility index (Phi) is 3.47. The first-order chi connectivity index (χ1) is 6.60. The molecule has 1 aromatic carbocycles. The molecule has 0 bridgehead atoms. The van der Waals surface area contributed by atoms with Gasteiger partial charge in [-0.25, -0.2) is 4.39 Å². The summed E-state index contributed by atoms with van der Waals surface area (Å²) in [5.41, 5.74) is -0.672. The molecule has 78 valence electrons. The van der Waals surface area contributed by atoms with Crippen molar-refractivity contribution in [3.8, 4) is 5.75 Å². The van der Waals surface area contributed by atoms with Crippen molar-refractivity contribution in [2.75, 3.05) is 20.7 Å². The maximum absolute atomic E-state index is 14.0. The van der Waals surface area contributed by atoms with Crippen molar-refractivity contribution < 1.29 is 9.13 Å². The molecule has 0 heterocycles. The lowest BCUT2D eigenvalue weighted by atomic mass is 9.98. The Bertz CT molecular complexity index is 282. The third kappa shape index (κ3) is 2.45. The first-order valence-electron chi connectivity index (χ1n) is 4.58. The predicted molar refractivity (Wildman–Crippen MR) is 55.4 cm³/mol. The summed E-state index contributed by atoms with van der Waals surface area (Å²) >= 11 is 0. The first kappa shape index (κ1) is 11.0. The summed E-state index contributed by atoms with van der Waals surface area (Å²) in [6.45, 7) is 1.87. The van der Waals surface area contributed by atoms with Crippen LogP contribution in [0, 0.1) is 0 Å². The van der Waals surface area contributed by atoms with Crippen molar-refractivity contribution in [2.24, 2.45) is 0 Å². The monoisotopic (exact) mass is 197 g/mol. The van der Waals surface area contributed by atoms with Crippen LogP contribution in [-0.4, -0.2) is 20.7 Å². The Hall–Kier alpha value is -1.09. The largest absolute Gasteiger partial charge is 0.497 e. The van der Waals surface area contributed by atoms with Gasteiger partial charge in [0, 0.05) is 6.54 Å². The molecule has 0 saturated carbocycles. The highest BCUT2D eigenvalue weighted by atomic mass is 19.1. The third-order valence-electron chi connectivity index (χ3n) is 2.20. The molecule has 3 heteroatoms. The SMILES string of the molecule is CNCC(C)(F)c1ccc(OC)cc1. The molecule has 0 aliphatic heterocycles. The molecule has 0 saturated heterocycles. The van der Waals surface area contributed by atoms with Gasteiger partial charge in [-0.1, -0.05) is 12.1 Å². The van der Waals surface area contributed by atoms with Crippen LogP contribution in [0.25, 0.3) is 0 Å². The van der Waals surface area contributed by atoms with Crippen LogP contribution in [0.3, 0.4) is 0 Å². The molecule has 0 aromatic heterocycles. The van der Waals surface area contributed by atoms with E-state index in [4.69, 9.17) is 4.74 Å². The second-order valence-corrected chi connectivity index (χ2v) is 3.46. The van der Waals surface area contributed by atoms with Gasteiger partial charge in [-0.3, -0.25) is 0 Å². The van der Waals surface area contributed by atoms with E-state index in [1.807, 2.05) is 0 Å². The highest BCUT2D eigenvalue weighted by Crippen LogP contribution is 2.26. The Morgan fingerprint density at radius 1 is 1.36 bits per heavy atom. The molecule has 0 fully saturated rings. The van der Waals surface area contributed by atoms with Crippen molar-refractivity contribution in [1.29, 1.82) is 0 Å². The standard InChI is InChI=1S/C11H16FNO/c1-11(12,8-13-2)9-4-6-10(14-3)7-5-9/h4-7,13H,8H2,1-3H3. The van der Waals surface area contributed by atoms with E-state index >= 15 is 0 Å². The van der Waals surface area contributed by atoms with E-state index in [2.05, 4.69) is 5.32 Å². The number of rotatable bonds is 4. The van der Waals surface area contributed by atoms with E-state index in [-0.39, 0.29) is 0 Å². The molecular weight excluding hydrogens is 181 g/mol. The summed E-state index contributed by atoms with van der Waals surface area (Å²) in [4.78, 5) is 0. The van der Waals surface area contributed by atoms with Crippen molar-refractivity contribution >= 4 is 0 Å². The molecule has 0 aliphatic rings. The maximum Gasteiger partial charge on any atom is 0.145 e. The van der Waals surface area contributed by atoms with E-state index in [9.17, 15) is 4.39 Å². The van der Waals surface area contributed by atoms with Crippen LogP contribution in [-0.2, 0) is 5.67 Å². The van der Waals surface area contributed by atoms with Gasteiger partial charge in [0.2, 0.25) is 0 Å². The second kappa shape index (κ2) is 4.42. The fraction of sp³-hybridized carbons (Fsp3) is 0.455. The van der Waals surface area contributed by atoms with Gasteiger partial charge in [0.25, 0.3) is 0 Å². The highest BCUT2D eigenvalue weighted by molar-refractivity contribution is 5.30. The number of methoxy groups -OCH3 is 1. The lowest BCUT2D eigenvalue weighted by Crippen LogP contribution is -2.29. The van der Waals surface area contributed by atoms with E-state index in [0.717, 1.165) is 5.75 Å². The van der Waals surface area contributed by atoms with Crippen molar-refractivity contribution in [2.45, 2.75) is 12.6 Å². The van der Waals surface area contributed by atoms with Gasteiger partial charge in [-0.05, 0) is 31.7 Å². The van der Waals surface area contributed by atoms with Crippen LogP contribution in [0.15, 0.2) is 24.3 Å². The van der Waals surface area contributed by atoms with E-state index in [0.29, 0.717) is 12.1 Å². The minimum atomic E-state index is -1.33. The number of benzene rings is 1. The van der Waals surface area contributed by atoms with Gasteiger partial charge >= 0.3 is 0 Å². The molecule has 1 aromatic rings. The topological polar surface area (TPSA) is 21.3 Å². The third-order valence-corrected chi connectivity index (χ3v) is 2.20. The summed E-state index contributed by atoms with van der Waals surface area (Å²) in [6.07, 6.45) is 0. The van der Waals surface area contributed by atoms with Crippen LogP contribution in [0.4, 0.5) is 4.39 Å². The molecule has 0 spiro atoms. The van der Waals surface area contributed by atoms with Crippen LogP contribution >= 0.6 is 0 Å². The molecule has 0 radical (unpaired) electrons. The molecule has 1 N–H and O–H groups in total. The molecule has 14 heavy (non-hydrogen) atoms. The quantitative estimate of drug-likeness (QED) is 0.798. The summed E-state index contributed by atoms with van der Waals surface area (Å²) < 4.78 is 19.0. The number of nitrogens with one attached hydrogen (secondary N) is 1. The van der Waals surface area contributed by atoms with Crippen LogP contribution in [0.5, 0.6) is 5.75 Å². The molecule has 0 aliphatic carbocycles. The first-order valence-corrected chi connectivity index (χ1v) is 4.58.